The zero-order valence-corrected chi connectivity index (χ0v) is 16.7. The summed E-state index contributed by atoms with van der Waals surface area (Å²) in [7, 11) is 0. The Hall–Kier alpha value is -3.48. The van der Waals surface area contributed by atoms with Gasteiger partial charge in [0, 0.05) is 24.6 Å². The van der Waals surface area contributed by atoms with Gasteiger partial charge in [-0.2, -0.15) is 0 Å². The van der Waals surface area contributed by atoms with Crippen LogP contribution in [0.2, 0.25) is 0 Å². The summed E-state index contributed by atoms with van der Waals surface area (Å²) < 4.78 is 16.0. The Kier molecular flexibility index (Phi) is 5.61. The molecule has 2 aromatic carbocycles. The van der Waals surface area contributed by atoms with E-state index in [-0.39, 0.29) is 24.1 Å². The lowest BCUT2D eigenvalue weighted by molar-refractivity contribution is -0.123. The predicted molar refractivity (Wildman–Crippen MR) is 113 cm³/mol. The third-order valence-electron chi connectivity index (χ3n) is 5.10. The van der Waals surface area contributed by atoms with E-state index in [1.807, 2.05) is 36.4 Å². The van der Waals surface area contributed by atoms with Crippen molar-refractivity contribution in [3.8, 4) is 16.9 Å². The van der Waals surface area contributed by atoms with Gasteiger partial charge in [0.15, 0.2) is 5.82 Å². The highest BCUT2D eigenvalue weighted by Gasteiger charge is 2.28. The summed E-state index contributed by atoms with van der Waals surface area (Å²) in [6.45, 7) is 2.37. The van der Waals surface area contributed by atoms with E-state index < -0.39 is 5.92 Å². The van der Waals surface area contributed by atoms with Crippen LogP contribution < -0.4 is 10.6 Å². The molecule has 3 aromatic rings. The zero-order valence-electron chi connectivity index (χ0n) is 16.7. The Balaban J connectivity index is 1.72. The van der Waals surface area contributed by atoms with Crippen LogP contribution in [0, 0.1) is 11.7 Å². The van der Waals surface area contributed by atoms with Crippen LogP contribution in [-0.4, -0.2) is 28.1 Å². The van der Waals surface area contributed by atoms with Gasteiger partial charge in [-0.05, 0) is 42.3 Å². The van der Waals surface area contributed by atoms with E-state index in [2.05, 4.69) is 22.7 Å². The number of nitrogens with zero attached hydrogens (tertiary/aromatic N) is 2. The van der Waals surface area contributed by atoms with Gasteiger partial charge in [0.25, 0.3) is 0 Å². The van der Waals surface area contributed by atoms with Gasteiger partial charge < -0.3 is 10.6 Å². The molecule has 2 N–H and O–H groups in total. The summed E-state index contributed by atoms with van der Waals surface area (Å²) in [5.74, 6) is -0.761. The van der Waals surface area contributed by atoms with Crippen molar-refractivity contribution >= 4 is 17.6 Å². The Morgan fingerprint density at radius 2 is 2.03 bits per heavy atom. The number of benzene rings is 2. The first-order valence-corrected chi connectivity index (χ1v) is 10.1. The number of anilines is 1. The van der Waals surface area contributed by atoms with E-state index >= 15 is 0 Å². The highest BCUT2D eigenvalue weighted by molar-refractivity contribution is 5.97. The molecule has 2 amide bonds. The number of hydrogen-bond acceptors (Lipinski definition) is 3. The first-order valence-electron chi connectivity index (χ1n) is 10.1. The molecule has 1 fully saturated rings. The van der Waals surface area contributed by atoms with Gasteiger partial charge in [-0.1, -0.05) is 31.5 Å². The molecule has 0 unspecified atom stereocenters. The van der Waals surface area contributed by atoms with Crippen molar-refractivity contribution in [2.45, 2.75) is 26.2 Å². The molecule has 6 nitrogen and oxygen atoms in total. The molecule has 154 valence electrons. The number of amides is 2. The normalized spacial score (nSPS) is 15.8. The van der Waals surface area contributed by atoms with Crippen LogP contribution in [0.15, 0.2) is 54.6 Å². The van der Waals surface area contributed by atoms with Gasteiger partial charge in [0.05, 0.1) is 17.3 Å². The number of halogens is 1. The van der Waals surface area contributed by atoms with Crippen LogP contribution in [0.4, 0.5) is 10.2 Å². The summed E-state index contributed by atoms with van der Waals surface area (Å²) in [6.07, 6.45) is 1.86. The quantitative estimate of drug-likeness (QED) is 0.655. The van der Waals surface area contributed by atoms with Gasteiger partial charge in [0.2, 0.25) is 11.8 Å². The van der Waals surface area contributed by atoms with Gasteiger partial charge in [-0.3, -0.25) is 9.59 Å². The van der Waals surface area contributed by atoms with Crippen molar-refractivity contribution in [3.05, 3.63) is 66.0 Å². The Labute approximate surface area is 174 Å². The third-order valence-corrected chi connectivity index (χ3v) is 5.10. The van der Waals surface area contributed by atoms with E-state index in [0.29, 0.717) is 23.6 Å². The van der Waals surface area contributed by atoms with Gasteiger partial charge in [-0.15, -0.1) is 5.10 Å². The predicted octanol–water partition coefficient (Wildman–Crippen LogP) is 3.71. The second kappa shape index (κ2) is 8.49. The third kappa shape index (κ3) is 4.25. The molecule has 2 heterocycles. The minimum absolute atomic E-state index is 0.131. The minimum Gasteiger partial charge on any atom is -0.355 e. The first-order chi connectivity index (χ1) is 14.5. The van der Waals surface area contributed by atoms with Crippen LogP contribution in [0.25, 0.3) is 16.9 Å². The fourth-order valence-electron chi connectivity index (χ4n) is 3.66. The number of hydrogen-bond donors (Lipinski definition) is 2. The van der Waals surface area contributed by atoms with E-state index in [0.717, 1.165) is 24.1 Å². The standard InChI is InChI=1S/C23H23FN4O2/c1-2-6-15-9-16(11-18(24)10-15)20-13-21(26-23(30)17-12-22(29)25-14-17)27-28(20)19-7-4-3-5-8-19/h3-5,7-11,13,17H,2,6,12,14H2,1H3,(H,25,29)(H,26,27,30)/t17-/m1/s1. The van der Waals surface area contributed by atoms with E-state index in [1.165, 1.54) is 6.07 Å². The van der Waals surface area contributed by atoms with E-state index in [1.54, 1.807) is 16.8 Å². The highest BCUT2D eigenvalue weighted by atomic mass is 19.1. The van der Waals surface area contributed by atoms with Crippen LogP contribution in [0.5, 0.6) is 0 Å². The zero-order chi connectivity index (χ0) is 21.1. The van der Waals surface area contributed by atoms with Crippen molar-refractivity contribution in [1.82, 2.24) is 15.1 Å². The molecule has 1 atom stereocenters. The second-order valence-electron chi connectivity index (χ2n) is 7.45. The molecule has 0 radical (unpaired) electrons. The molecule has 0 saturated carbocycles. The molecule has 1 aromatic heterocycles. The summed E-state index contributed by atoms with van der Waals surface area (Å²) in [5, 5.41) is 10.0. The lowest BCUT2D eigenvalue weighted by Gasteiger charge is -2.09. The van der Waals surface area contributed by atoms with Crippen LogP contribution in [0.3, 0.4) is 0 Å². The van der Waals surface area contributed by atoms with Crippen LogP contribution >= 0.6 is 0 Å². The van der Waals surface area contributed by atoms with Gasteiger partial charge >= 0.3 is 0 Å². The molecule has 1 aliphatic heterocycles. The molecule has 0 spiro atoms. The molecule has 0 aliphatic carbocycles. The number of para-hydroxylation sites is 1. The fourth-order valence-corrected chi connectivity index (χ4v) is 3.66. The molecule has 7 heteroatoms. The van der Waals surface area contributed by atoms with Crippen molar-refractivity contribution < 1.29 is 14.0 Å². The number of rotatable bonds is 6. The number of aromatic nitrogens is 2. The Morgan fingerprint density at radius 1 is 1.23 bits per heavy atom. The first kappa shape index (κ1) is 19.8. The summed E-state index contributed by atoms with van der Waals surface area (Å²) >= 11 is 0. The molecule has 30 heavy (non-hydrogen) atoms. The molecule has 1 saturated heterocycles. The van der Waals surface area contributed by atoms with Crippen molar-refractivity contribution in [3.63, 3.8) is 0 Å². The number of carbonyl (C=O) groups is 2. The van der Waals surface area contributed by atoms with E-state index in [4.69, 9.17) is 0 Å². The van der Waals surface area contributed by atoms with Gasteiger partial charge in [-0.25, -0.2) is 9.07 Å². The lowest BCUT2D eigenvalue weighted by atomic mass is 10.0. The molecule has 4 rings (SSSR count). The van der Waals surface area contributed by atoms with Crippen molar-refractivity contribution in [2.75, 3.05) is 11.9 Å². The number of carbonyl (C=O) groups excluding carboxylic acids is 2. The topological polar surface area (TPSA) is 76.0 Å². The maximum Gasteiger partial charge on any atom is 0.230 e. The minimum atomic E-state index is -0.423. The molecule has 0 bridgehead atoms. The SMILES string of the molecule is CCCc1cc(F)cc(-c2cc(NC(=O)[C@H]3CNC(=O)C3)nn2-c2ccccc2)c1. The maximum absolute atomic E-state index is 14.3. The average Bonchev–Trinajstić information content (AvgIpc) is 3.35. The fraction of sp³-hybridized carbons (Fsp3) is 0.261. The molecular weight excluding hydrogens is 383 g/mol. The smallest absolute Gasteiger partial charge is 0.230 e. The van der Waals surface area contributed by atoms with Crippen molar-refractivity contribution in [1.29, 1.82) is 0 Å². The summed E-state index contributed by atoms with van der Waals surface area (Å²) in [6, 6.07) is 16.2. The van der Waals surface area contributed by atoms with Crippen LogP contribution in [0.1, 0.15) is 25.3 Å². The second-order valence-corrected chi connectivity index (χ2v) is 7.45. The average molecular weight is 406 g/mol. The maximum atomic E-state index is 14.3. The lowest BCUT2D eigenvalue weighted by Crippen LogP contribution is -2.24. The van der Waals surface area contributed by atoms with Gasteiger partial charge in [0.1, 0.15) is 5.82 Å². The van der Waals surface area contributed by atoms with Crippen LogP contribution in [-0.2, 0) is 16.0 Å². The summed E-state index contributed by atoms with van der Waals surface area (Å²) in [4.78, 5) is 23.9. The van der Waals surface area contributed by atoms with E-state index in [9.17, 15) is 14.0 Å². The largest absolute Gasteiger partial charge is 0.355 e. The van der Waals surface area contributed by atoms with Crippen molar-refractivity contribution in [2.24, 2.45) is 5.92 Å². The molecule has 1 aliphatic rings. The molecular formula is C23H23FN4O2. The number of aryl methyl sites for hydroxylation is 1. The summed E-state index contributed by atoms with van der Waals surface area (Å²) in [5.41, 5.74) is 3.07. The Morgan fingerprint density at radius 3 is 2.73 bits per heavy atom. The number of nitrogens with one attached hydrogen (secondary N) is 2. The highest BCUT2D eigenvalue weighted by Crippen LogP contribution is 2.28. The monoisotopic (exact) mass is 406 g/mol. The Bertz CT molecular complexity index is 1080.